The van der Waals surface area contributed by atoms with E-state index in [1.807, 2.05) is 116 Å². The van der Waals surface area contributed by atoms with Crippen LogP contribution in [-0.4, -0.2) is 63.1 Å². The molecule has 13 rings (SSSR count). The highest BCUT2D eigenvalue weighted by atomic mass is 127. The molecule has 0 amide bonds. The largest absolute Gasteiger partial charge is 0.445 e. The number of hydrogen-bond donors (Lipinski definition) is 4. The highest BCUT2D eigenvalue weighted by Gasteiger charge is 2.15. The molecule has 7 aromatic carbocycles. The predicted octanol–water partition coefficient (Wildman–Crippen LogP) is 14.5. The van der Waals surface area contributed by atoms with E-state index in [0.29, 0.717) is 55.0 Å². The molecule has 6 heterocycles. The molecular weight excluding hydrogens is 1190 g/mol. The van der Waals surface area contributed by atoms with Crippen molar-refractivity contribution in [3.63, 3.8) is 0 Å². The number of nitrogens with one attached hydrogen (secondary N) is 1. The van der Waals surface area contributed by atoms with Crippen molar-refractivity contribution < 1.29 is 26.5 Å². The van der Waals surface area contributed by atoms with Gasteiger partial charge in [-0.25, -0.2) is 29.9 Å². The first-order chi connectivity index (χ1) is 42.3. The van der Waals surface area contributed by atoms with Gasteiger partial charge in [0.1, 0.15) is 54.7 Å². The average molecular weight is 1260 g/mol. The van der Waals surface area contributed by atoms with Crippen LogP contribution in [0.3, 0.4) is 0 Å². The van der Waals surface area contributed by atoms with Gasteiger partial charge in [0.2, 0.25) is 35.3 Å². The monoisotopic (exact) mass is 1250 g/mol. The SMILES string of the molecule is CNCCc1cccc(I)c1.NCCc1cccc(-c2coc(-c3cccc(-c4nc(-c5cccc(CCN)c5)co4)c3)n2)c1.NCCc1cccc(-c2coc(-c3cccc(-c4ncco4)c3)n2)c1.c1cc(-c2ncco2)cc(-c2ncco2)c1. The summed E-state index contributed by atoms with van der Waals surface area (Å²) in [5, 5.41) is 3.13. The van der Waals surface area contributed by atoms with Gasteiger partial charge < -0.3 is 49.0 Å². The zero-order valence-electron chi connectivity index (χ0n) is 47.3. The molecule has 0 aliphatic rings. The highest BCUT2D eigenvalue weighted by Crippen LogP contribution is 2.32. The molecule has 0 radical (unpaired) electrons. The Morgan fingerprint density at radius 3 is 0.953 bits per heavy atom. The number of halogens is 1. The van der Waals surface area contributed by atoms with Gasteiger partial charge in [-0.15, -0.1) is 0 Å². The van der Waals surface area contributed by atoms with E-state index in [9.17, 15) is 0 Å². The lowest BCUT2D eigenvalue weighted by atomic mass is 10.1. The molecular formula is C69H63IN10O6. The first kappa shape index (κ1) is 59.5. The Bertz CT molecular complexity index is 4000. The molecule has 6 aromatic heterocycles. The maximum atomic E-state index is 5.81. The Labute approximate surface area is 511 Å². The molecule has 16 nitrogen and oxygen atoms in total. The van der Waals surface area contributed by atoms with E-state index in [0.717, 1.165) is 99.4 Å². The van der Waals surface area contributed by atoms with Gasteiger partial charge in [0.15, 0.2) is 0 Å². The number of rotatable bonds is 18. The number of hydrogen-bond acceptors (Lipinski definition) is 16. The minimum atomic E-state index is 0.544. The first-order valence-electron chi connectivity index (χ1n) is 28.0. The quantitative estimate of drug-likeness (QED) is 0.0583. The molecule has 7 N–H and O–H groups in total. The Morgan fingerprint density at radius 1 is 0.349 bits per heavy atom. The summed E-state index contributed by atoms with van der Waals surface area (Å²) in [6, 6.07) is 56.5. The summed E-state index contributed by atoms with van der Waals surface area (Å²) in [6.45, 7) is 2.91. The summed E-state index contributed by atoms with van der Waals surface area (Å²) >= 11 is 2.34. The second kappa shape index (κ2) is 30.3. The molecule has 0 atom stereocenters. The molecule has 13 aromatic rings. The summed E-state index contributed by atoms with van der Waals surface area (Å²) < 4.78 is 34.4. The van der Waals surface area contributed by atoms with Crippen LogP contribution in [0.4, 0.5) is 0 Å². The van der Waals surface area contributed by atoms with Gasteiger partial charge in [-0.3, -0.25) is 0 Å². The Morgan fingerprint density at radius 2 is 0.651 bits per heavy atom. The number of aromatic nitrogens is 6. The van der Waals surface area contributed by atoms with Gasteiger partial charge in [-0.1, -0.05) is 84.9 Å². The van der Waals surface area contributed by atoms with Crippen molar-refractivity contribution in [3.05, 3.63) is 252 Å². The molecule has 0 aliphatic heterocycles. The minimum absolute atomic E-state index is 0.544. The Balaban J connectivity index is 0.000000138. The van der Waals surface area contributed by atoms with Crippen LogP contribution in [0.15, 0.2) is 253 Å². The van der Waals surface area contributed by atoms with Gasteiger partial charge in [0.05, 0.1) is 18.6 Å². The smallest absolute Gasteiger partial charge is 0.226 e. The van der Waals surface area contributed by atoms with Crippen molar-refractivity contribution in [2.45, 2.75) is 25.7 Å². The van der Waals surface area contributed by atoms with E-state index in [-0.39, 0.29) is 0 Å². The molecule has 0 fully saturated rings. The third-order valence-corrected chi connectivity index (χ3v) is 14.1. The standard InChI is InChI=1S/C28H26N4O2.C20H17N3O2.C12H8N2O2.C9H12IN/c29-12-10-19-4-1-6-21(14-19)25-17-33-27(31-25)23-8-3-9-24(16-23)28-32-26(18-34-28)22-7-2-5-20(15-22)11-13-30;21-8-7-14-3-1-4-15(11-14)18-13-25-20(23-18)17-6-2-5-16(12-17)19-22-9-10-24-19;1-2-9(11-13-4-6-15-11)8-10(3-1)12-14-5-7-16-12;1-11-6-5-8-3-2-4-9(10)7-8/h1-9,14-18H,10-13,29-30H2;1-6,9-13H,7-8,21H2;1-8H;2-4,7,11H,5-6H2,1H3. The maximum absolute atomic E-state index is 5.81. The van der Waals surface area contributed by atoms with Gasteiger partial charge >= 0.3 is 0 Å². The van der Waals surface area contributed by atoms with Crippen LogP contribution in [0.1, 0.15) is 22.3 Å². The lowest BCUT2D eigenvalue weighted by molar-refractivity contribution is 0.572. The summed E-state index contributed by atoms with van der Waals surface area (Å²) in [6.07, 6.45) is 18.2. The van der Waals surface area contributed by atoms with Gasteiger partial charge in [0, 0.05) is 53.6 Å². The molecule has 86 heavy (non-hydrogen) atoms. The van der Waals surface area contributed by atoms with E-state index in [1.165, 1.54) is 25.8 Å². The number of oxazole rings is 6. The summed E-state index contributed by atoms with van der Waals surface area (Å²) in [7, 11) is 1.98. The first-order valence-corrected chi connectivity index (χ1v) is 29.1. The molecule has 17 heteroatoms. The minimum Gasteiger partial charge on any atom is -0.445 e. The van der Waals surface area contributed by atoms with Crippen molar-refractivity contribution in [1.29, 1.82) is 0 Å². The zero-order chi connectivity index (χ0) is 59.3. The number of nitrogens with two attached hydrogens (primary N) is 3. The molecule has 0 bridgehead atoms. The van der Waals surface area contributed by atoms with Crippen LogP contribution >= 0.6 is 22.6 Å². The van der Waals surface area contributed by atoms with Gasteiger partial charge in [-0.2, -0.15) is 0 Å². The van der Waals surface area contributed by atoms with E-state index >= 15 is 0 Å². The summed E-state index contributed by atoms with van der Waals surface area (Å²) in [4.78, 5) is 26.4. The lowest BCUT2D eigenvalue weighted by Crippen LogP contribution is -2.10. The van der Waals surface area contributed by atoms with E-state index in [1.54, 1.807) is 56.2 Å². The van der Waals surface area contributed by atoms with Crippen molar-refractivity contribution >= 4 is 22.6 Å². The van der Waals surface area contributed by atoms with Crippen LogP contribution < -0.4 is 22.5 Å². The van der Waals surface area contributed by atoms with Crippen molar-refractivity contribution in [2.24, 2.45) is 17.2 Å². The summed E-state index contributed by atoms with van der Waals surface area (Å²) in [5.74, 6) is 3.40. The fourth-order valence-electron chi connectivity index (χ4n) is 9.19. The van der Waals surface area contributed by atoms with Crippen molar-refractivity contribution in [1.82, 2.24) is 35.2 Å². The van der Waals surface area contributed by atoms with E-state index in [4.69, 9.17) is 53.7 Å². The molecule has 0 spiro atoms. The van der Waals surface area contributed by atoms with E-state index < -0.39 is 0 Å². The number of likely N-dealkylation sites (N-methyl/N-ethyl adjacent to an activating group) is 1. The fraction of sp³-hybridized carbons (Fsp3) is 0.130. The molecule has 0 saturated carbocycles. The van der Waals surface area contributed by atoms with Crippen molar-refractivity contribution in [3.8, 4) is 102 Å². The Kier molecular flexibility index (Phi) is 20.9. The second-order valence-electron chi connectivity index (χ2n) is 19.6. The van der Waals surface area contributed by atoms with Crippen LogP contribution in [0.2, 0.25) is 0 Å². The fourth-order valence-corrected chi connectivity index (χ4v) is 9.80. The molecule has 0 aliphatic carbocycles. The topological polar surface area (TPSA) is 246 Å². The predicted molar refractivity (Wildman–Crippen MR) is 344 cm³/mol. The zero-order valence-corrected chi connectivity index (χ0v) is 49.4. The average Bonchev–Trinajstić information content (AvgIpc) is 4.58. The van der Waals surface area contributed by atoms with Crippen molar-refractivity contribution in [2.75, 3.05) is 33.2 Å². The van der Waals surface area contributed by atoms with Gasteiger partial charge in [-0.05, 0) is 189 Å². The summed E-state index contributed by atoms with van der Waals surface area (Å²) in [5.41, 5.74) is 32.7. The normalized spacial score (nSPS) is 10.8. The van der Waals surface area contributed by atoms with Crippen LogP contribution in [-0.2, 0) is 25.7 Å². The van der Waals surface area contributed by atoms with Crippen LogP contribution in [0.5, 0.6) is 0 Å². The number of benzene rings is 7. The Hall–Kier alpha value is -9.63. The van der Waals surface area contributed by atoms with E-state index in [2.05, 4.69) is 109 Å². The maximum Gasteiger partial charge on any atom is 0.226 e. The second-order valence-corrected chi connectivity index (χ2v) is 20.8. The number of nitrogens with zero attached hydrogens (tertiary/aromatic N) is 6. The van der Waals surface area contributed by atoms with Crippen LogP contribution in [0, 0.1) is 3.57 Å². The lowest BCUT2D eigenvalue weighted by Gasteiger charge is -2.02. The van der Waals surface area contributed by atoms with Crippen LogP contribution in [0.25, 0.3) is 102 Å². The van der Waals surface area contributed by atoms with Gasteiger partial charge in [0.25, 0.3) is 0 Å². The molecule has 0 unspecified atom stereocenters. The third kappa shape index (κ3) is 16.2. The molecule has 0 saturated heterocycles. The third-order valence-electron chi connectivity index (χ3n) is 13.4. The highest BCUT2D eigenvalue weighted by molar-refractivity contribution is 14.1. The molecule has 432 valence electrons.